The van der Waals surface area contributed by atoms with Gasteiger partial charge in [0.25, 0.3) is 0 Å². The Morgan fingerprint density at radius 2 is 1.68 bits per heavy atom. The first kappa shape index (κ1) is 19.6. The van der Waals surface area contributed by atoms with Crippen molar-refractivity contribution in [1.82, 2.24) is 14.5 Å². The average Bonchev–Trinajstić information content (AvgIpc) is 3.11. The number of aliphatic hydroxyl groups excluding tert-OH is 1. The molecule has 0 saturated carbocycles. The van der Waals surface area contributed by atoms with Gasteiger partial charge in [-0.25, -0.2) is 9.97 Å². The molecule has 5 rings (SSSR count). The number of aliphatic hydroxyl groups is 1. The predicted molar refractivity (Wildman–Crippen MR) is 126 cm³/mol. The van der Waals surface area contributed by atoms with Gasteiger partial charge >= 0.3 is 0 Å². The number of imidazole rings is 1. The van der Waals surface area contributed by atoms with Crippen molar-refractivity contribution in [3.05, 3.63) is 88.6 Å². The molecule has 156 valence electrons. The Morgan fingerprint density at radius 1 is 0.935 bits per heavy atom. The molecule has 0 unspecified atom stereocenters. The summed E-state index contributed by atoms with van der Waals surface area (Å²) >= 11 is 0. The van der Waals surface area contributed by atoms with Crippen molar-refractivity contribution in [3.8, 4) is 11.1 Å². The lowest BCUT2D eigenvalue weighted by Gasteiger charge is -2.21. The summed E-state index contributed by atoms with van der Waals surface area (Å²) in [4.78, 5) is 9.65. The van der Waals surface area contributed by atoms with Crippen molar-refractivity contribution in [2.75, 3.05) is 0 Å². The molecule has 0 fully saturated rings. The van der Waals surface area contributed by atoms with Crippen molar-refractivity contribution in [2.45, 2.75) is 46.6 Å². The second-order valence-corrected chi connectivity index (χ2v) is 8.39. The number of pyridine rings is 1. The van der Waals surface area contributed by atoms with E-state index < -0.39 is 0 Å². The van der Waals surface area contributed by atoms with Gasteiger partial charge < -0.3 is 9.67 Å². The van der Waals surface area contributed by atoms with E-state index in [9.17, 15) is 5.11 Å². The van der Waals surface area contributed by atoms with E-state index in [0.717, 1.165) is 59.6 Å². The zero-order valence-electron chi connectivity index (χ0n) is 18.3. The molecule has 2 aromatic carbocycles. The summed E-state index contributed by atoms with van der Waals surface area (Å²) in [7, 11) is 0. The molecule has 0 bridgehead atoms. The fourth-order valence-electron chi connectivity index (χ4n) is 4.51. The lowest BCUT2D eigenvalue weighted by Crippen LogP contribution is -2.06. The Labute approximate surface area is 182 Å². The number of aromatic nitrogens is 3. The van der Waals surface area contributed by atoms with Gasteiger partial charge in [0.2, 0.25) is 0 Å². The lowest BCUT2D eigenvalue weighted by atomic mass is 9.85. The number of allylic oxidation sites excluding steroid dienone is 2. The maximum absolute atomic E-state index is 10.1. The number of fused-ring (bicyclic) bond motifs is 1. The van der Waals surface area contributed by atoms with E-state index in [0.29, 0.717) is 5.76 Å². The van der Waals surface area contributed by atoms with Crippen LogP contribution in [0.25, 0.3) is 27.9 Å². The van der Waals surface area contributed by atoms with Crippen LogP contribution in [0.5, 0.6) is 0 Å². The van der Waals surface area contributed by atoms with Crippen molar-refractivity contribution >= 4 is 16.7 Å². The second-order valence-electron chi connectivity index (χ2n) is 8.39. The lowest BCUT2D eigenvalue weighted by molar-refractivity contribution is 0.372. The van der Waals surface area contributed by atoms with E-state index in [1.165, 1.54) is 22.3 Å². The molecule has 4 heteroatoms. The average molecular weight is 410 g/mol. The first-order valence-electron chi connectivity index (χ1n) is 11.0. The van der Waals surface area contributed by atoms with Crippen LogP contribution in [0.1, 0.15) is 48.0 Å². The molecule has 0 radical (unpaired) electrons. The van der Waals surface area contributed by atoms with E-state index in [1.54, 1.807) is 0 Å². The Morgan fingerprint density at radius 3 is 2.32 bits per heavy atom. The molecule has 2 heterocycles. The number of benzene rings is 2. The van der Waals surface area contributed by atoms with Crippen molar-refractivity contribution in [3.63, 3.8) is 0 Å². The van der Waals surface area contributed by atoms with Crippen molar-refractivity contribution in [1.29, 1.82) is 0 Å². The van der Waals surface area contributed by atoms with Gasteiger partial charge in [-0.3, -0.25) is 0 Å². The van der Waals surface area contributed by atoms with Gasteiger partial charge in [-0.15, -0.1) is 0 Å². The van der Waals surface area contributed by atoms with Crippen LogP contribution in [0.4, 0.5) is 0 Å². The number of nitrogens with zero attached hydrogens (tertiary/aromatic N) is 3. The highest BCUT2D eigenvalue weighted by Crippen LogP contribution is 2.39. The molecule has 4 aromatic rings. The molecular weight excluding hydrogens is 382 g/mol. The summed E-state index contributed by atoms with van der Waals surface area (Å²) in [5.74, 6) is 1.60. The Bertz CT molecular complexity index is 1310. The number of aryl methyl sites for hydroxylation is 3. The SMILES string of the molecule is CCc1nc2c(C)cc(C)nc2n1Cc1ccc(-c2ccccc2C2=C(O)CC2)cc1. The standard InChI is InChI=1S/C27H27N3O/c1-4-25-29-26-17(2)15-18(3)28-27(26)30(25)16-19-9-11-20(12-10-19)21-7-5-6-8-22(21)23-13-14-24(23)31/h5-12,15,31H,4,13-14,16H2,1-3H3. The smallest absolute Gasteiger partial charge is 0.160 e. The highest BCUT2D eigenvalue weighted by molar-refractivity contribution is 5.84. The Kier molecular flexibility index (Phi) is 4.85. The van der Waals surface area contributed by atoms with Crippen LogP contribution >= 0.6 is 0 Å². The van der Waals surface area contributed by atoms with Gasteiger partial charge in [0.1, 0.15) is 11.3 Å². The summed E-state index contributed by atoms with van der Waals surface area (Å²) in [5.41, 5.74) is 9.95. The number of hydrogen-bond donors (Lipinski definition) is 1. The summed E-state index contributed by atoms with van der Waals surface area (Å²) < 4.78 is 2.25. The van der Waals surface area contributed by atoms with Crippen LogP contribution in [0, 0.1) is 13.8 Å². The maximum Gasteiger partial charge on any atom is 0.160 e. The highest BCUT2D eigenvalue weighted by Gasteiger charge is 2.20. The van der Waals surface area contributed by atoms with Gasteiger partial charge in [-0.05, 0) is 59.7 Å². The number of hydrogen-bond acceptors (Lipinski definition) is 3. The van der Waals surface area contributed by atoms with Gasteiger partial charge in [0, 0.05) is 18.5 Å². The summed E-state index contributed by atoms with van der Waals surface area (Å²) in [5, 5.41) is 10.1. The van der Waals surface area contributed by atoms with Crippen molar-refractivity contribution < 1.29 is 5.11 Å². The first-order chi connectivity index (χ1) is 15.0. The molecule has 0 atom stereocenters. The first-order valence-corrected chi connectivity index (χ1v) is 11.0. The topological polar surface area (TPSA) is 50.9 Å². The van der Waals surface area contributed by atoms with Gasteiger partial charge in [0.15, 0.2) is 5.65 Å². The highest BCUT2D eigenvalue weighted by atomic mass is 16.3. The molecular formula is C27H27N3O. The zero-order valence-corrected chi connectivity index (χ0v) is 18.3. The van der Waals surface area contributed by atoms with Gasteiger partial charge in [-0.1, -0.05) is 55.5 Å². The van der Waals surface area contributed by atoms with E-state index in [-0.39, 0.29) is 0 Å². The fourth-order valence-corrected chi connectivity index (χ4v) is 4.51. The minimum absolute atomic E-state index is 0.529. The Hall–Kier alpha value is -3.40. The molecule has 4 nitrogen and oxygen atoms in total. The summed E-state index contributed by atoms with van der Waals surface area (Å²) in [6.07, 6.45) is 2.60. The normalized spacial score (nSPS) is 13.6. The molecule has 1 aliphatic rings. The maximum atomic E-state index is 10.1. The van der Waals surface area contributed by atoms with Crippen molar-refractivity contribution in [2.24, 2.45) is 0 Å². The van der Waals surface area contributed by atoms with Crippen LogP contribution < -0.4 is 0 Å². The van der Waals surface area contributed by atoms with Crippen LogP contribution in [-0.2, 0) is 13.0 Å². The minimum Gasteiger partial charge on any atom is -0.512 e. The van der Waals surface area contributed by atoms with Gasteiger partial charge in [0.05, 0.1) is 12.3 Å². The van der Waals surface area contributed by atoms with E-state index in [4.69, 9.17) is 9.97 Å². The minimum atomic E-state index is 0.529. The van der Waals surface area contributed by atoms with E-state index in [1.807, 2.05) is 13.0 Å². The molecule has 1 aliphatic carbocycles. The van der Waals surface area contributed by atoms with Crippen LogP contribution in [-0.4, -0.2) is 19.6 Å². The molecule has 2 aromatic heterocycles. The van der Waals surface area contributed by atoms with Gasteiger partial charge in [-0.2, -0.15) is 0 Å². The summed E-state index contributed by atoms with van der Waals surface area (Å²) in [6.45, 7) is 7.04. The quantitative estimate of drug-likeness (QED) is 0.415. The monoisotopic (exact) mass is 409 g/mol. The van der Waals surface area contributed by atoms with Crippen LogP contribution in [0.2, 0.25) is 0 Å². The third-order valence-corrected chi connectivity index (χ3v) is 6.24. The zero-order chi connectivity index (χ0) is 21.5. The second kappa shape index (κ2) is 7.69. The molecule has 0 aliphatic heterocycles. The molecule has 31 heavy (non-hydrogen) atoms. The third-order valence-electron chi connectivity index (χ3n) is 6.24. The molecule has 0 spiro atoms. The van der Waals surface area contributed by atoms with E-state index >= 15 is 0 Å². The van der Waals surface area contributed by atoms with E-state index in [2.05, 4.69) is 66.9 Å². The fraction of sp³-hybridized carbons (Fsp3) is 0.259. The summed E-state index contributed by atoms with van der Waals surface area (Å²) in [6, 6.07) is 19.2. The largest absolute Gasteiger partial charge is 0.512 e. The molecule has 0 saturated heterocycles. The van der Waals surface area contributed by atoms with Crippen LogP contribution in [0.3, 0.4) is 0 Å². The molecule has 1 N–H and O–H groups in total. The number of rotatable bonds is 5. The third kappa shape index (κ3) is 3.42. The van der Waals surface area contributed by atoms with Crippen LogP contribution in [0.15, 0.2) is 60.4 Å². The predicted octanol–water partition coefficient (Wildman–Crippen LogP) is 6.39. The Balaban J connectivity index is 1.50. The molecule has 0 amide bonds.